The van der Waals surface area contributed by atoms with Crippen LogP contribution < -0.4 is 10.6 Å². The Labute approximate surface area is 105 Å². The minimum Gasteiger partial charge on any atom is -0.318 e. The van der Waals surface area contributed by atoms with E-state index in [0.717, 1.165) is 19.5 Å². The first-order chi connectivity index (χ1) is 8.06. The maximum atomic E-state index is 4.44. The summed E-state index contributed by atoms with van der Waals surface area (Å²) in [5, 5.41) is 11.1. The summed E-state index contributed by atoms with van der Waals surface area (Å²) in [6.07, 6.45) is 2.28. The molecule has 4 heteroatoms. The fourth-order valence-electron chi connectivity index (χ4n) is 2.17. The van der Waals surface area contributed by atoms with Crippen LogP contribution >= 0.6 is 0 Å². The number of aryl methyl sites for hydroxylation is 2. The topological polar surface area (TPSA) is 41.9 Å². The standard InChI is InChI=1S/C13H26N4/c1-10(9-14-4)15-8-6-7-13-11(2)16-17(5)12(13)3/h10,14-15H,6-9H2,1-5H3. The van der Waals surface area contributed by atoms with Crippen molar-refractivity contribution in [3.8, 4) is 0 Å². The van der Waals surface area contributed by atoms with Crippen molar-refractivity contribution >= 4 is 0 Å². The molecule has 0 aliphatic carbocycles. The van der Waals surface area contributed by atoms with Gasteiger partial charge in [0.15, 0.2) is 0 Å². The van der Waals surface area contributed by atoms with E-state index >= 15 is 0 Å². The average Bonchev–Trinajstić information content (AvgIpc) is 2.50. The fourth-order valence-corrected chi connectivity index (χ4v) is 2.17. The average molecular weight is 238 g/mol. The van der Waals surface area contributed by atoms with Gasteiger partial charge in [0.1, 0.15) is 0 Å². The Bertz CT molecular complexity index is 343. The van der Waals surface area contributed by atoms with Crippen molar-refractivity contribution < 1.29 is 0 Å². The zero-order valence-corrected chi connectivity index (χ0v) is 11.8. The zero-order chi connectivity index (χ0) is 12.8. The highest BCUT2D eigenvalue weighted by molar-refractivity contribution is 5.24. The lowest BCUT2D eigenvalue weighted by Gasteiger charge is -2.12. The van der Waals surface area contributed by atoms with Crippen molar-refractivity contribution in [2.24, 2.45) is 7.05 Å². The van der Waals surface area contributed by atoms with Crippen LogP contribution in [0.1, 0.15) is 30.3 Å². The molecule has 1 heterocycles. The highest BCUT2D eigenvalue weighted by atomic mass is 15.3. The van der Waals surface area contributed by atoms with Gasteiger partial charge in [-0.2, -0.15) is 5.10 Å². The van der Waals surface area contributed by atoms with Crippen LogP contribution in [0.4, 0.5) is 0 Å². The number of likely N-dealkylation sites (N-methyl/N-ethyl adjacent to an activating group) is 1. The third kappa shape index (κ3) is 4.13. The molecule has 1 rings (SSSR count). The minimum atomic E-state index is 0.538. The summed E-state index contributed by atoms with van der Waals surface area (Å²) in [6, 6.07) is 0.538. The first kappa shape index (κ1) is 14.2. The molecule has 1 aromatic rings. The highest BCUT2D eigenvalue weighted by Gasteiger charge is 2.08. The van der Waals surface area contributed by atoms with Gasteiger partial charge in [0, 0.05) is 25.3 Å². The molecule has 0 aliphatic rings. The van der Waals surface area contributed by atoms with Crippen molar-refractivity contribution in [3.05, 3.63) is 17.0 Å². The van der Waals surface area contributed by atoms with Crippen molar-refractivity contribution in [3.63, 3.8) is 0 Å². The summed E-state index contributed by atoms with van der Waals surface area (Å²) in [4.78, 5) is 0. The number of hydrogen-bond acceptors (Lipinski definition) is 3. The van der Waals surface area contributed by atoms with E-state index in [1.807, 2.05) is 18.8 Å². The number of nitrogens with zero attached hydrogens (tertiary/aromatic N) is 2. The molecule has 0 aromatic carbocycles. The summed E-state index contributed by atoms with van der Waals surface area (Å²) >= 11 is 0. The lowest BCUT2D eigenvalue weighted by Crippen LogP contribution is -2.35. The van der Waals surface area contributed by atoms with Crippen molar-refractivity contribution in [2.45, 2.75) is 39.7 Å². The molecule has 0 amide bonds. The smallest absolute Gasteiger partial charge is 0.0628 e. The normalized spacial score (nSPS) is 13.0. The third-order valence-electron chi connectivity index (χ3n) is 3.27. The predicted octanol–water partition coefficient (Wildman–Crippen LogP) is 1.17. The zero-order valence-electron chi connectivity index (χ0n) is 11.8. The summed E-state index contributed by atoms with van der Waals surface area (Å²) in [6.45, 7) is 8.53. The van der Waals surface area contributed by atoms with Crippen LogP contribution in [0.15, 0.2) is 0 Å². The van der Waals surface area contributed by atoms with Gasteiger partial charge in [-0.05, 0) is 52.8 Å². The SMILES string of the molecule is CNCC(C)NCCCc1c(C)nn(C)c1C. The molecular formula is C13H26N4. The van der Waals surface area contributed by atoms with Crippen molar-refractivity contribution in [1.82, 2.24) is 20.4 Å². The van der Waals surface area contributed by atoms with E-state index in [2.05, 4.69) is 36.5 Å². The van der Waals surface area contributed by atoms with Crippen LogP contribution in [0.25, 0.3) is 0 Å². The quantitative estimate of drug-likeness (QED) is 0.701. The molecule has 0 saturated heterocycles. The molecule has 0 radical (unpaired) electrons. The lowest BCUT2D eigenvalue weighted by molar-refractivity contribution is 0.514. The number of hydrogen-bond donors (Lipinski definition) is 2. The molecule has 0 bridgehead atoms. The second-order valence-corrected chi connectivity index (χ2v) is 4.79. The highest BCUT2D eigenvalue weighted by Crippen LogP contribution is 2.13. The Balaban J connectivity index is 2.31. The van der Waals surface area contributed by atoms with Gasteiger partial charge in [0.2, 0.25) is 0 Å². The summed E-state index contributed by atoms with van der Waals surface area (Å²) in [7, 11) is 4.00. The van der Waals surface area contributed by atoms with E-state index < -0.39 is 0 Å². The van der Waals surface area contributed by atoms with E-state index in [9.17, 15) is 0 Å². The molecule has 0 saturated carbocycles. The first-order valence-corrected chi connectivity index (χ1v) is 6.43. The Hall–Kier alpha value is -0.870. The number of nitrogens with one attached hydrogen (secondary N) is 2. The van der Waals surface area contributed by atoms with E-state index in [1.165, 1.54) is 23.4 Å². The maximum absolute atomic E-state index is 4.44. The molecule has 1 unspecified atom stereocenters. The molecule has 17 heavy (non-hydrogen) atoms. The van der Waals surface area contributed by atoms with E-state index in [4.69, 9.17) is 0 Å². The Morgan fingerprint density at radius 2 is 2.06 bits per heavy atom. The summed E-state index contributed by atoms with van der Waals surface area (Å²) in [5.41, 5.74) is 3.88. The van der Waals surface area contributed by atoms with E-state index in [-0.39, 0.29) is 0 Å². The van der Waals surface area contributed by atoms with Gasteiger partial charge in [-0.3, -0.25) is 4.68 Å². The summed E-state index contributed by atoms with van der Waals surface area (Å²) in [5.74, 6) is 0. The Morgan fingerprint density at radius 1 is 1.35 bits per heavy atom. The van der Waals surface area contributed by atoms with Gasteiger partial charge in [-0.1, -0.05) is 0 Å². The van der Waals surface area contributed by atoms with Gasteiger partial charge < -0.3 is 10.6 Å². The molecule has 98 valence electrons. The van der Waals surface area contributed by atoms with Gasteiger partial charge >= 0.3 is 0 Å². The van der Waals surface area contributed by atoms with Gasteiger partial charge in [-0.25, -0.2) is 0 Å². The van der Waals surface area contributed by atoms with Crippen molar-refractivity contribution in [1.29, 1.82) is 0 Å². The molecule has 0 spiro atoms. The monoisotopic (exact) mass is 238 g/mol. The van der Waals surface area contributed by atoms with Crippen LogP contribution in [0, 0.1) is 13.8 Å². The molecule has 1 atom stereocenters. The first-order valence-electron chi connectivity index (χ1n) is 6.43. The third-order valence-corrected chi connectivity index (χ3v) is 3.27. The van der Waals surface area contributed by atoms with Gasteiger partial charge in [0.05, 0.1) is 5.69 Å². The van der Waals surface area contributed by atoms with Gasteiger partial charge in [-0.15, -0.1) is 0 Å². The van der Waals surface area contributed by atoms with Crippen LogP contribution in [0.5, 0.6) is 0 Å². The second-order valence-electron chi connectivity index (χ2n) is 4.79. The second kappa shape index (κ2) is 6.77. The molecule has 2 N–H and O–H groups in total. The van der Waals surface area contributed by atoms with Crippen LogP contribution in [-0.4, -0.2) is 36.0 Å². The summed E-state index contributed by atoms with van der Waals surface area (Å²) < 4.78 is 1.97. The fraction of sp³-hybridized carbons (Fsp3) is 0.769. The largest absolute Gasteiger partial charge is 0.318 e. The molecule has 0 fully saturated rings. The number of aromatic nitrogens is 2. The van der Waals surface area contributed by atoms with E-state index in [1.54, 1.807) is 0 Å². The maximum Gasteiger partial charge on any atom is 0.0628 e. The predicted molar refractivity (Wildman–Crippen MR) is 72.4 cm³/mol. The van der Waals surface area contributed by atoms with Crippen LogP contribution in [-0.2, 0) is 13.5 Å². The lowest BCUT2D eigenvalue weighted by atomic mass is 10.1. The van der Waals surface area contributed by atoms with Crippen molar-refractivity contribution in [2.75, 3.05) is 20.1 Å². The molecule has 4 nitrogen and oxygen atoms in total. The van der Waals surface area contributed by atoms with E-state index in [0.29, 0.717) is 6.04 Å². The molecular weight excluding hydrogens is 212 g/mol. The van der Waals surface area contributed by atoms with Gasteiger partial charge in [0.25, 0.3) is 0 Å². The Kier molecular flexibility index (Phi) is 5.65. The van der Waals surface area contributed by atoms with Crippen LogP contribution in [0.3, 0.4) is 0 Å². The minimum absolute atomic E-state index is 0.538. The van der Waals surface area contributed by atoms with Crippen LogP contribution in [0.2, 0.25) is 0 Å². The number of rotatable bonds is 7. The Morgan fingerprint density at radius 3 is 2.59 bits per heavy atom. The molecule has 1 aromatic heterocycles. The molecule has 0 aliphatic heterocycles.